The van der Waals surface area contributed by atoms with Gasteiger partial charge in [0.1, 0.15) is 6.10 Å². The van der Waals surface area contributed by atoms with Gasteiger partial charge in [0.2, 0.25) is 0 Å². The number of hydrogen-bond donors (Lipinski definition) is 0. The molecule has 0 N–H and O–H groups in total. The zero-order chi connectivity index (χ0) is 15.1. The fourth-order valence-electron chi connectivity index (χ4n) is 2.27. The molecule has 0 aromatic heterocycles. The molecule has 0 aliphatic carbocycles. The fourth-order valence-corrected chi connectivity index (χ4v) is 2.27. The molecule has 0 radical (unpaired) electrons. The molecule has 0 heterocycles. The molecule has 2 heteroatoms. The van der Waals surface area contributed by atoms with Gasteiger partial charge >= 0.3 is 5.97 Å². The minimum absolute atomic E-state index is 0.0556. The van der Waals surface area contributed by atoms with Gasteiger partial charge < -0.3 is 4.74 Å². The van der Waals surface area contributed by atoms with Crippen molar-refractivity contribution in [3.63, 3.8) is 0 Å². The molecule has 0 aromatic carbocycles. The lowest BCUT2D eigenvalue weighted by Crippen LogP contribution is -2.15. The third-order valence-electron chi connectivity index (χ3n) is 3.62. The van der Waals surface area contributed by atoms with E-state index >= 15 is 0 Å². The van der Waals surface area contributed by atoms with E-state index in [4.69, 9.17) is 4.74 Å². The lowest BCUT2D eigenvalue weighted by atomic mass is 10.1. The maximum atomic E-state index is 11.7. The maximum Gasteiger partial charge on any atom is 0.306 e. The van der Waals surface area contributed by atoms with E-state index in [1.165, 1.54) is 44.9 Å². The molecule has 0 rings (SSSR count). The number of esters is 1. The molecule has 0 aromatic rings. The predicted molar refractivity (Wildman–Crippen MR) is 86.8 cm³/mol. The number of unbranched alkanes of at least 4 members (excludes halogenated alkanes) is 8. The summed E-state index contributed by atoms with van der Waals surface area (Å²) in [6.07, 6.45) is 15.3. The molecule has 2 nitrogen and oxygen atoms in total. The highest BCUT2D eigenvalue weighted by Crippen LogP contribution is 2.12. The van der Waals surface area contributed by atoms with Crippen molar-refractivity contribution < 1.29 is 9.53 Å². The van der Waals surface area contributed by atoms with Crippen LogP contribution in [0.5, 0.6) is 0 Å². The van der Waals surface area contributed by atoms with Gasteiger partial charge in [-0.1, -0.05) is 77.9 Å². The molecule has 118 valence electrons. The number of carbonyl (C=O) groups is 1. The molecule has 0 bridgehead atoms. The summed E-state index contributed by atoms with van der Waals surface area (Å²) in [5, 5.41) is 0. The van der Waals surface area contributed by atoms with E-state index in [2.05, 4.69) is 20.4 Å². The summed E-state index contributed by atoms with van der Waals surface area (Å²) in [5.74, 6) is -0.0556. The Morgan fingerprint density at radius 2 is 1.50 bits per heavy atom. The van der Waals surface area contributed by atoms with Gasteiger partial charge in [-0.15, -0.1) is 0 Å². The van der Waals surface area contributed by atoms with Gasteiger partial charge in [-0.3, -0.25) is 4.79 Å². The summed E-state index contributed by atoms with van der Waals surface area (Å²) < 4.78 is 5.43. The third-order valence-corrected chi connectivity index (χ3v) is 3.62. The summed E-state index contributed by atoms with van der Waals surface area (Å²) in [6, 6.07) is 0. The van der Waals surface area contributed by atoms with Crippen LogP contribution in [0.4, 0.5) is 0 Å². The van der Waals surface area contributed by atoms with Gasteiger partial charge in [-0.2, -0.15) is 0 Å². The normalized spacial score (nSPS) is 12.1. The minimum atomic E-state index is -0.0846. The second kappa shape index (κ2) is 14.6. The van der Waals surface area contributed by atoms with Crippen LogP contribution in [0.3, 0.4) is 0 Å². The Bertz CT molecular complexity index is 236. The third kappa shape index (κ3) is 12.3. The van der Waals surface area contributed by atoms with Crippen LogP contribution in [0.15, 0.2) is 12.7 Å². The van der Waals surface area contributed by atoms with Crippen molar-refractivity contribution in [1.29, 1.82) is 0 Å². The van der Waals surface area contributed by atoms with Gasteiger partial charge in [0.15, 0.2) is 0 Å². The highest BCUT2D eigenvalue weighted by Gasteiger charge is 2.10. The summed E-state index contributed by atoms with van der Waals surface area (Å²) in [5.41, 5.74) is 0. The van der Waals surface area contributed by atoms with Crippen LogP contribution >= 0.6 is 0 Å². The molecule has 0 aliphatic rings. The maximum absolute atomic E-state index is 11.7. The smallest absolute Gasteiger partial charge is 0.306 e. The molecular formula is C18H34O2. The van der Waals surface area contributed by atoms with E-state index in [-0.39, 0.29) is 12.1 Å². The van der Waals surface area contributed by atoms with Crippen molar-refractivity contribution in [3.8, 4) is 0 Å². The first-order valence-electron chi connectivity index (χ1n) is 8.56. The predicted octanol–water partition coefficient (Wildman–Crippen LogP) is 5.81. The Morgan fingerprint density at radius 1 is 0.950 bits per heavy atom. The number of ether oxygens (including phenoxy) is 1. The van der Waals surface area contributed by atoms with E-state index in [1.54, 1.807) is 6.08 Å². The van der Waals surface area contributed by atoms with E-state index in [9.17, 15) is 4.79 Å². The monoisotopic (exact) mass is 282 g/mol. The standard InChI is InChI=1S/C18H34O2/c1-4-7-9-10-11-12-14-16-18(19)20-17(6-3)15-13-8-5-2/h6,17H,3-5,7-16H2,1-2H3. The minimum Gasteiger partial charge on any atom is -0.458 e. The molecule has 0 spiro atoms. The number of rotatable bonds is 14. The van der Waals surface area contributed by atoms with Gasteiger partial charge in [0, 0.05) is 6.42 Å². The van der Waals surface area contributed by atoms with Crippen LogP contribution in [0.25, 0.3) is 0 Å². The Hall–Kier alpha value is -0.790. The van der Waals surface area contributed by atoms with E-state index < -0.39 is 0 Å². The van der Waals surface area contributed by atoms with Crippen molar-refractivity contribution in [2.75, 3.05) is 0 Å². The molecule has 0 saturated carbocycles. The van der Waals surface area contributed by atoms with E-state index in [0.29, 0.717) is 6.42 Å². The average molecular weight is 282 g/mol. The molecule has 0 amide bonds. The molecule has 0 aliphatic heterocycles. The first-order chi connectivity index (χ1) is 9.74. The quantitative estimate of drug-likeness (QED) is 0.228. The zero-order valence-electron chi connectivity index (χ0n) is 13.7. The molecular weight excluding hydrogens is 248 g/mol. The highest BCUT2D eigenvalue weighted by atomic mass is 16.5. The summed E-state index contributed by atoms with van der Waals surface area (Å²) in [7, 11) is 0. The van der Waals surface area contributed by atoms with Gasteiger partial charge in [0.25, 0.3) is 0 Å². The van der Waals surface area contributed by atoms with Crippen molar-refractivity contribution in [2.45, 2.75) is 97.0 Å². The Balaban J connectivity index is 3.52. The van der Waals surface area contributed by atoms with Crippen LogP contribution in [0, 0.1) is 0 Å². The van der Waals surface area contributed by atoms with Crippen molar-refractivity contribution in [2.24, 2.45) is 0 Å². The lowest BCUT2D eigenvalue weighted by molar-refractivity contribution is -0.147. The molecule has 20 heavy (non-hydrogen) atoms. The lowest BCUT2D eigenvalue weighted by Gasteiger charge is -2.13. The topological polar surface area (TPSA) is 26.3 Å². The van der Waals surface area contributed by atoms with Crippen molar-refractivity contribution >= 4 is 5.97 Å². The summed E-state index contributed by atoms with van der Waals surface area (Å²) in [6.45, 7) is 8.16. The SMILES string of the molecule is C=CC(CCCCC)OC(=O)CCCCCCCCC. The number of carbonyl (C=O) groups excluding carboxylic acids is 1. The van der Waals surface area contributed by atoms with Crippen LogP contribution in [0.1, 0.15) is 90.9 Å². The molecule has 1 unspecified atom stereocenters. The van der Waals surface area contributed by atoms with E-state index in [0.717, 1.165) is 25.7 Å². The molecule has 1 atom stereocenters. The Morgan fingerprint density at radius 3 is 2.10 bits per heavy atom. The summed E-state index contributed by atoms with van der Waals surface area (Å²) >= 11 is 0. The van der Waals surface area contributed by atoms with Crippen LogP contribution in [-0.4, -0.2) is 12.1 Å². The van der Waals surface area contributed by atoms with E-state index in [1.807, 2.05) is 0 Å². The first kappa shape index (κ1) is 19.2. The van der Waals surface area contributed by atoms with Crippen LogP contribution in [-0.2, 0) is 9.53 Å². The number of hydrogen-bond acceptors (Lipinski definition) is 2. The van der Waals surface area contributed by atoms with Crippen molar-refractivity contribution in [3.05, 3.63) is 12.7 Å². The Labute approximate surface area is 126 Å². The van der Waals surface area contributed by atoms with Gasteiger partial charge in [0.05, 0.1) is 0 Å². The highest BCUT2D eigenvalue weighted by molar-refractivity contribution is 5.69. The molecule has 0 saturated heterocycles. The largest absolute Gasteiger partial charge is 0.458 e. The zero-order valence-corrected chi connectivity index (χ0v) is 13.7. The van der Waals surface area contributed by atoms with Crippen LogP contribution < -0.4 is 0 Å². The second-order valence-electron chi connectivity index (χ2n) is 5.63. The Kier molecular flexibility index (Phi) is 14.0. The molecule has 0 fully saturated rings. The average Bonchev–Trinajstić information content (AvgIpc) is 2.45. The van der Waals surface area contributed by atoms with Crippen LogP contribution in [0.2, 0.25) is 0 Å². The van der Waals surface area contributed by atoms with Gasteiger partial charge in [-0.05, 0) is 19.3 Å². The summed E-state index contributed by atoms with van der Waals surface area (Å²) in [4.78, 5) is 11.7. The second-order valence-corrected chi connectivity index (χ2v) is 5.63. The van der Waals surface area contributed by atoms with Gasteiger partial charge in [-0.25, -0.2) is 0 Å². The van der Waals surface area contributed by atoms with Crippen molar-refractivity contribution in [1.82, 2.24) is 0 Å². The fraction of sp³-hybridized carbons (Fsp3) is 0.833. The first-order valence-corrected chi connectivity index (χ1v) is 8.56.